The molecule has 2 aromatic heterocycles. The predicted molar refractivity (Wildman–Crippen MR) is 136 cm³/mol. The third-order valence-corrected chi connectivity index (χ3v) is 5.46. The topological polar surface area (TPSA) is 104 Å². The number of rotatable bonds is 5. The van der Waals surface area contributed by atoms with Gasteiger partial charge in [-0.1, -0.05) is 36.4 Å². The number of ether oxygens (including phenoxy) is 1. The highest BCUT2D eigenvalue weighted by molar-refractivity contribution is 5.97. The van der Waals surface area contributed by atoms with Gasteiger partial charge in [0.25, 0.3) is 5.91 Å². The Bertz CT molecular complexity index is 1460. The molecule has 1 aliphatic heterocycles. The molecule has 0 unspecified atom stereocenters. The summed E-state index contributed by atoms with van der Waals surface area (Å²) in [7, 11) is 0. The van der Waals surface area contributed by atoms with Gasteiger partial charge >= 0.3 is 12.1 Å². The highest BCUT2D eigenvalue weighted by Gasteiger charge is 2.38. The number of pyridine rings is 1. The number of amides is 1. The van der Waals surface area contributed by atoms with Crippen molar-refractivity contribution in [3.8, 4) is 22.8 Å². The number of carbonyl (C=O) groups is 2. The number of fused-ring (bicyclic) bond motifs is 1. The van der Waals surface area contributed by atoms with Crippen LogP contribution in [0.15, 0.2) is 79.0 Å². The number of nitrogens with zero attached hydrogens (tertiary/aromatic N) is 1. The Kier molecular flexibility index (Phi) is 7.91. The van der Waals surface area contributed by atoms with Crippen molar-refractivity contribution in [1.82, 2.24) is 15.3 Å². The number of carboxylic acids is 1. The highest BCUT2D eigenvalue weighted by Crippen LogP contribution is 2.28. The number of nitrogens with one attached hydrogen (secondary N) is 2. The van der Waals surface area contributed by atoms with Gasteiger partial charge in [-0.2, -0.15) is 13.2 Å². The number of benzene rings is 2. The van der Waals surface area contributed by atoms with E-state index in [2.05, 4.69) is 15.3 Å². The van der Waals surface area contributed by atoms with Crippen molar-refractivity contribution in [3.05, 3.63) is 102 Å². The van der Waals surface area contributed by atoms with Crippen LogP contribution in [0.2, 0.25) is 0 Å². The van der Waals surface area contributed by atoms with Gasteiger partial charge in [0.05, 0.1) is 11.3 Å². The van der Waals surface area contributed by atoms with E-state index >= 15 is 0 Å². The molecule has 0 saturated heterocycles. The molecule has 0 bridgehead atoms. The average Bonchev–Trinajstić information content (AvgIpc) is 3.35. The van der Waals surface area contributed by atoms with E-state index in [9.17, 15) is 18.0 Å². The van der Waals surface area contributed by atoms with Gasteiger partial charge in [0, 0.05) is 41.7 Å². The number of hydrogen-bond acceptors (Lipinski definition) is 4. The molecule has 4 aromatic rings. The number of carboxylic acid groups (broad SMARTS) is 1. The van der Waals surface area contributed by atoms with Crippen LogP contribution in [0.5, 0.6) is 11.5 Å². The standard InChI is InChI=1S/C26H21N3O2.C2HF3O2/c30-26-22-17-24(29-23(22)13-15-28-26)19-12-14-27-20(16-19)11-10-18-6-4-5-9-25(18)31-21-7-2-1-3-8-21;3-2(4,5)1(6)7/h1-12,14,16-17,29H,13,15H2,(H,28,30);(H,6,7)/b11-10+;. The van der Waals surface area contributed by atoms with Crippen LogP contribution in [-0.2, 0) is 11.2 Å². The van der Waals surface area contributed by atoms with Crippen LogP contribution in [0, 0.1) is 0 Å². The lowest BCUT2D eigenvalue weighted by Crippen LogP contribution is -2.31. The largest absolute Gasteiger partial charge is 0.490 e. The fourth-order valence-electron chi connectivity index (χ4n) is 3.66. The molecule has 3 N–H and O–H groups in total. The maximum atomic E-state index is 12.1. The van der Waals surface area contributed by atoms with Gasteiger partial charge < -0.3 is 20.1 Å². The lowest BCUT2D eigenvalue weighted by molar-refractivity contribution is -0.192. The van der Waals surface area contributed by atoms with Crippen LogP contribution >= 0.6 is 0 Å². The van der Waals surface area contributed by atoms with Gasteiger partial charge in [0.15, 0.2) is 0 Å². The van der Waals surface area contributed by atoms with Crippen molar-refractivity contribution in [2.24, 2.45) is 0 Å². The number of aliphatic carboxylic acids is 1. The van der Waals surface area contributed by atoms with Crippen molar-refractivity contribution in [1.29, 1.82) is 0 Å². The Morgan fingerprint density at radius 2 is 1.71 bits per heavy atom. The lowest BCUT2D eigenvalue weighted by Gasteiger charge is -2.10. The van der Waals surface area contributed by atoms with E-state index in [0.717, 1.165) is 51.7 Å². The summed E-state index contributed by atoms with van der Waals surface area (Å²) in [6, 6.07) is 23.5. The average molecular weight is 521 g/mol. The third kappa shape index (κ3) is 6.67. The summed E-state index contributed by atoms with van der Waals surface area (Å²) in [5.41, 5.74) is 5.41. The Morgan fingerprint density at radius 1 is 1.00 bits per heavy atom. The zero-order chi connectivity index (χ0) is 27.1. The van der Waals surface area contributed by atoms with Crippen LogP contribution in [0.25, 0.3) is 23.4 Å². The molecule has 194 valence electrons. The summed E-state index contributed by atoms with van der Waals surface area (Å²) in [4.78, 5) is 28.8. The molecule has 3 heterocycles. The molecule has 38 heavy (non-hydrogen) atoms. The Hall–Kier alpha value is -4.86. The van der Waals surface area contributed by atoms with Gasteiger partial charge in [-0.3, -0.25) is 9.78 Å². The van der Waals surface area contributed by atoms with E-state index in [0.29, 0.717) is 6.54 Å². The van der Waals surface area contributed by atoms with Crippen molar-refractivity contribution in [3.63, 3.8) is 0 Å². The van der Waals surface area contributed by atoms with Crippen LogP contribution in [0.4, 0.5) is 13.2 Å². The van der Waals surface area contributed by atoms with Gasteiger partial charge in [0.2, 0.25) is 0 Å². The minimum absolute atomic E-state index is 0.0204. The molecule has 7 nitrogen and oxygen atoms in total. The van der Waals surface area contributed by atoms with E-state index in [1.54, 1.807) is 6.20 Å². The Balaban J connectivity index is 0.000000426. The lowest BCUT2D eigenvalue weighted by atomic mass is 10.1. The monoisotopic (exact) mass is 521 g/mol. The first-order chi connectivity index (χ1) is 18.2. The van der Waals surface area contributed by atoms with Gasteiger partial charge in [-0.15, -0.1) is 0 Å². The molecule has 0 aliphatic carbocycles. The number of hydrogen-bond donors (Lipinski definition) is 3. The quantitative estimate of drug-likeness (QED) is 0.301. The van der Waals surface area contributed by atoms with Crippen molar-refractivity contribution < 1.29 is 32.6 Å². The molecule has 5 rings (SSSR count). The van der Waals surface area contributed by atoms with Crippen molar-refractivity contribution >= 4 is 24.0 Å². The van der Waals surface area contributed by atoms with Gasteiger partial charge in [-0.05, 0) is 48.6 Å². The smallest absolute Gasteiger partial charge is 0.475 e. The number of aromatic amines is 1. The molecule has 0 radical (unpaired) electrons. The summed E-state index contributed by atoms with van der Waals surface area (Å²) in [5.74, 6) is -1.20. The zero-order valence-electron chi connectivity index (χ0n) is 19.8. The molecule has 0 fully saturated rings. The summed E-state index contributed by atoms with van der Waals surface area (Å²) < 4.78 is 37.8. The predicted octanol–water partition coefficient (Wildman–Crippen LogP) is 5.96. The molecule has 0 atom stereocenters. The van der Waals surface area contributed by atoms with Crippen LogP contribution < -0.4 is 10.1 Å². The molecular weight excluding hydrogens is 499 g/mol. The SMILES string of the molecule is O=C(O)C(F)(F)F.O=C1NCCc2[nH]c(-c3ccnc(/C=C/c4ccccc4Oc4ccccc4)c3)cc21. The minimum Gasteiger partial charge on any atom is -0.475 e. The molecule has 1 amide bonds. The van der Waals surface area contributed by atoms with E-state index in [4.69, 9.17) is 14.6 Å². The number of carbonyl (C=O) groups excluding carboxylic acids is 1. The Morgan fingerprint density at radius 3 is 2.42 bits per heavy atom. The second-order valence-electron chi connectivity index (χ2n) is 8.14. The molecular formula is C28H22F3N3O4. The van der Waals surface area contributed by atoms with Crippen LogP contribution in [0.1, 0.15) is 27.3 Å². The second kappa shape index (κ2) is 11.5. The van der Waals surface area contributed by atoms with Gasteiger partial charge in [-0.25, -0.2) is 4.79 Å². The van der Waals surface area contributed by atoms with E-state index in [1.807, 2.05) is 84.9 Å². The molecule has 10 heteroatoms. The molecule has 0 saturated carbocycles. The first-order valence-corrected chi connectivity index (χ1v) is 11.5. The second-order valence-corrected chi connectivity index (χ2v) is 8.14. The summed E-state index contributed by atoms with van der Waals surface area (Å²) >= 11 is 0. The minimum atomic E-state index is -5.08. The fourth-order valence-corrected chi connectivity index (χ4v) is 3.66. The molecule has 2 aromatic carbocycles. The number of alkyl halides is 3. The normalized spacial score (nSPS) is 12.8. The van der Waals surface area contributed by atoms with Gasteiger partial charge in [0.1, 0.15) is 11.5 Å². The summed E-state index contributed by atoms with van der Waals surface area (Å²) in [6.07, 6.45) is 1.47. The first-order valence-electron chi connectivity index (χ1n) is 11.5. The van der Waals surface area contributed by atoms with Crippen LogP contribution in [0.3, 0.4) is 0 Å². The summed E-state index contributed by atoms with van der Waals surface area (Å²) in [6.45, 7) is 0.667. The fraction of sp³-hybridized carbons (Fsp3) is 0.107. The zero-order valence-corrected chi connectivity index (χ0v) is 19.8. The Labute approximate surface area is 215 Å². The molecule has 1 aliphatic rings. The van der Waals surface area contributed by atoms with E-state index in [-0.39, 0.29) is 5.91 Å². The maximum Gasteiger partial charge on any atom is 0.490 e. The number of halogens is 3. The number of H-pyrrole nitrogens is 1. The first kappa shape index (κ1) is 26.2. The van der Waals surface area contributed by atoms with E-state index < -0.39 is 12.1 Å². The third-order valence-electron chi connectivity index (χ3n) is 5.46. The number of aromatic nitrogens is 2. The van der Waals surface area contributed by atoms with Crippen LogP contribution in [-0.4, -0.2) is 39.7 Å². The van der Waals surface area contributed by atoms with Crippen molar-refractivity contribution in [2.75, 3.05) is 6.54 Å². The van der Waals surface area contributed by atoms with Crippen molar-refractivity contribution in [2.45, 2.75) is 12.6 Å². The summed E-state index contributed by atoms with van der Waals surface area (Å²) in [5, 5.41) is 10.0. The molecule has 0 spiro atoms. The number of para-hydroxylation sites is 2. The highest BCUT2D eigenvalue weighted by atomic mass is 19.4. The maximum absolute atomic E-state index is 12.1. The van der Waals surface area contributed by atoms with E-state index in [1.165, 1.54) is 0 Å².